The number of aromatic nitrogens is 2. The molecule has 0 unspecified atom stereocenters. The van der Waals surface area contributed by atoms with Crippen LogP contribution < -0.4 is 0 Å². The average Bonchev–Trinajstić information content (AvgIpc) is 3.65. The molecule has 0 bridgehead atoms. The van der Waals surface area contributed by atoms with Gasteiger partial charge < -0.3 is 0 Å². The lowest BCUT2D eigenvalue weighted by molar-refractivity contribution is 1.18. The summed E-state index contributed by atoms with van der Waals surface area (Å²) in [6, 6.07) is 73.5. The predicted molar refractivity (Wildman–Crippen MR) is 233 cm³/mol. The molecule has 2 heterocycles. The van der Waals surface area contributed by atoms with E-state index in [0.29, 0.717) is 5.82 Å². The second-order valence-electron chi connectivity index (χ2n) is 13.8. The third kappa shape index (κ3) is 6.41. The molecule has 0 radical (unpaired) electrons. The fourth-order valence-corrected chi connectivity index (χ4v) is 8.64. The van der Waals surface area contributed by atoms with Crippen molar-refractivity contribution in [2.24, 2.45) is 0 Å². The summed E-state index contributed by atoms with van der Waals surface area (Å²) in [6.45, 7) is 0. The zero-order valence-electron chi connectivity index (χ0n) is 29.9. The molecule has 0 aliphatic rings. The van der Waals surface area contributed by atoms with Crippen molar-refractivity contribution in [2.75, 3.05) is 0 Å². The van der Waals surface area contributed by atoms with Gasteiger partial charge in [0.1, 0.15) is 0 Å². The van der Waals surface area contributed by atoms with Crippen molar-refractivity contribution in [3.63, 3.8) is 0 Å². The van der Waals surface area contributed by atoms with Gasteiger partial charge in [-0.3, -0.25) is 0 Å². The van der Waals surface area contributed by atoms with Gasteiger partial charge in [-0.25, -0.2) is 9.97 Å². The lowest BCUT2D eigenvalue weighted by Gasteiger charge is -2.15. The summed E-state index contributed by atoms with van der Waals surface area (Å²) in [7, 11) is 0. The molecule has 0 amide bonds. The maximum Gasteiger partial charge on any atom is 0.160 e. The minimum atomic E-state index is 0.695. The van der Waals surface area contributed by atoms with Crippen molar-refractivity contribution in [3.8, 4) is 78.4 Å². The summed E-state index contributed by atoms with van der Waals surface area (Å²) in [5.41, 5.74) is 14.1. The first kappa shape index (κ1) is 32.7. The van der Waals surface area contributed by atoms with Crippen LogP contribution in [0.3, 0.4) is 0 Å². The van der Waals surface area contributed by atoms with Crippen LogP contribution in [0.15, 0.2) is 206 Å². The molecule has 2 nitrogen and oxygen atoms in total. The highest BCUT2D eigenvalue weighted by molar-refractivity contribution is 7.25. The Bertz CT molecular complexity index is 2970. The molecular weight excluding hydrogens is 685 g/mol. The monoisotopic (exact) mass is 718 g/mol. The van der Waals surface area contributed by atoms with E-state index in [1.807, 2.05) is 29.5 Å². The fraction of sp³-hybridized carbons (Fsp3) is 0. The molecule has 0 fully saturated rings. The van der Waals surface area contributed by atoms with Gasteiger partial charge >= 0.3 is 0 Å². The van der Waals surface area contributed by atoms with Crippen LogP contribution in [0.5, 0.6) is 0 Å². The van der Waals surface area contributed by atoms with Crippen LogP contribution in [0.1, 0.15) is 0 Å². The van der Waals surface area contributed by atoms with Gasteiger partial charge in [-0.2, -0.15) is 0 Å². The van der Waals surface area contributed by atoms with Crippen LogP contribution in [0, 0.1) is 0 Å². The van der Waals surface area contributed by atoms with E-state index in [0.717, 1.165) is 44.8 Å². The minimum absolute atomic E-state index is 0.695. The summed E-state index contributed by atoms with van der Waals surface area (Å²) < 4.78 is 2.60. The van der Waals surface area contributed by atoms with Gasteiger partial charge in [0.2, 0.25) is 0 Å². The van der Waals surface area contributed by atoms with E-state index in [9.17, 15) is 0 Å². The number of rotatable bonds is 7. The maximum absolute atomic E-state index is 5.30. The number of nitrogens with zero attached hydrogens (tertiary/aromatic N) is 2. The Hall–Kier alpha value is -6.94. The molecule has 0 aliphatic heterocycles. The van der Waals surface area contributed by atoms with Crippen LogP contribution >= 0.6 is 11.3 Å². The molecule has 10 rings (SSSR count). The Morgan fingerprint density at radius 3 is 1.55 bits per heavy atom. The van der Waals surface area contributed by atoms with Crippen molar-refractivity contribution in [2.45, 2.75) is 0 Å². The second-order valence-corrected chi connectivity index (χ2v) is 14.9. The highest BCUT2D eigenvalue weighted by Gasteiger charge is 2.16. The third-order valence-corrected chi connectivity index (χ3v) is 11.4. The summed E-state index contributed by atoms with van der Waals surface area (Å²) in [5.74, 6) is 0.695. The van der Waals surface area contributed by atoms with E-state index in [2.05, 4.69) is 188 Å². The predicted octanol–water partition coefficient (Wildman–Crippen LogP) is 14.5. The SMILES string of the molecule is c1ccc(-c2cccc(-c3cc(-c4cc(-c5ccc6sc7ccccc7c6c5)cc(-c5ccccc5-c5ccccc5)c4)nc(-c4ccccc4)n3)c2)cc1. The Morgan fingerprint density at radius 1 is 0.273 bits per heavy atom. The van der Waals surface area contributed by atoms with Crippen molar-refractivity contribution in [3.05, 3.63) is 206 Å². The molecule has 3 heteroatoms. The van der Waals surface area contributed by atoms with Crippen molar-refractivity contribution in [1.82, 2.24) is 9.97 Å². The van der Waals surface area contributed by atoms with E-state index < -0.39 is 0 Å². The quantitative estimate of drug-likeness (QED) is 0.164. The molecule has 0 aliphatic carbocycles. The number of thiophene rings is 1. The molecule has 0 atom stereocenters. The first-order valence-electron chi connectivity index (χ1n) is 18.6. The maximum atomic E-state index is 5.30. The Labute approximate surface area is 324 Å². The summed E-state index contributed by atoms with van der Waals surface area (Å²) in [4.78, 5) is 10.5. The van der Waals surface area contributed by atoms with Crippen molar-refractivity contribution >= 4 is 31.5 Å². The molecule has 10 aromatic rings. The Kier molecular flexibility index (Phi) is 8.40. The molecule has 258 valence electrons. The lowest BCUT2D eigenvalue weighted by atomic mass is 9.90. The molecule has 0 saturated carbocycles. The molecule has 8 aromatic carbocycles. The minimum Gasteiger partial charge on any atom is -0.228 e. The van der Waals surface area contributed by atoms with Crippen LogP contribution in [0.2, 0.25) is 0 Å². The molecule has 0 spiro atoms. The highest BCUT2D eigenvalue weighted by atomic mass is 32.1. The van der Waals surface area contributed by atoms with E-state index in [4.69, 9.17) is 9.97 Å². The highest BCUT2D eigenvalue weighted by Crippen LogP contribution is 2.41. The van der Waals surface area contributed by atoms with Gasteiger partial charge in [0.05, 0.1) is 11.4 Å². The summed E-state index contributed by atoms with van der Waals surface area (Å²) in [6.07, 6.45) is 0. The van der Waals surface area contributed by atoms with E-state index in [1.165, 1.54) is 48.0 Å². The van der Waals surface area contributed by atoms with E-state index >= 15 is 0 Å². The van der Waals surface area contributed by atoms with Gasteiger partial charge in [-0.15, -0.1) is 11.3 Å². The lowest BCUT2D eigenvalue weighted by Crippen LogP contribution is -1.97. The van der Waals surface area contributed by atoms with Crippen LogP contribution in [0.25, 0.3) is 98.6 Å². The van der Waals surface area contributed by atoms with Crippen LogP contribution in [-0.4, -0.2) is 9.97 Å². The van der Waals surface area contributed by atoms with Gasteiger partial charge in [0, 0.05) is 36.9 Å². The van der Waals surface area contributed by atoms with Gasteiger partial charge in [0.25, 0.3) is 0 Å². The molecule has 0 N–H and O–H groups in total. The number of benzene rings is 8. The zero-order chi connectivity index (χ0) is 36.6. The topological polar surface area (TPSA) is 25.8 Å². The molecular formula is C52H34N2S. The number of hydrogen-bond donors (Lipinski definition) is 0. The first-order chi connectivity index (χ1) is 27.2. The van der Waals surface area contributed by atoms with Gasteiger partial charge in [-0.05, 0) is 93.0 Å². The fourth-order valence-electron chi connectivity index (χ4n) is 7.56. The third-order valence-electron chi connectivity index (χ3n) is 10.3. The standard InChI is InChI=1S/C52H34N2S/c1-4-15-35(16-5-1)38-21-14-22-40(29-38)48-34-49(54-52(53-48)37-19-8-3-9-20-37)43-31-41(39-27-28-51-47(33-39)46-25-12-13-26-50(46)55-51)30-42(32-43)45-24-11-10-23-44(45)36-17-6-2-7-18-36/h1-34H. The number of fused-ring (bicyclic) bond motifs is 3. The normalized spacial score (nSPS) is 11.3. The molecule has 2 aromatic heterocycles. The first-order valence-corrected chi connectivity index (χ1v) is 19.4. The summed E-state index contributed by atoms with van der Waals surface area (Å²) >= 11 is 1.85. The van der Waals surface area contributed by atoms with Crippen LogP contribution in [-0.2, 0) is 0 Å². The van der Waals surface area contributed by atoms with Gasteiger partial charge in [-0.1, -0.05) is 158 Å². The van der Waals surface area contributed by atoms with Crippen molar-refractivity contribution < 1.29 is 0 Å². The number of hydrogen-bond acceptors (Lipinski definition) is 3. The van der Waals surface area contributed by atoms with E-state index in [1.54, 1.807) is 0 Å². The Morgan fingerprint density at radius 2 is 0.782 bits per heavy atom. The smallest absolute Gasteiger partial charge is 0.160 e. The Balaban J connectivity index is 1.20. The van der Waals surface area contributed by atoms with Gasteiger partial charge in [0.15, 0.2) is 5.82 Å². The van der Waals surface area contributed by atoms with E-state index in [-0.39, 0.29) is 0 Å². The summed E-state index contributed by atoms with van der Waals surface area (Å²) in [5, 5.41) is 2.57. The van der Waals surface area contributed by atoms with Crippen molar-refractivity contribution in [1.29, 1.82) is 0 Å². The zero-order valence-corrected chi connectivity index (χ0v) is 30.7. The molecule has 55 heavy (non-hydrogen) atoms. The second kappa shape index (κ2) is 14.1. The molecule has 0 saturated heterocycles. The van der Waals surface area contributed by atoms with Crippen LogP contribution in [0.4, 0.5) is 0 Å². The average molecular weight is 719 g/mol. The largest absolute Gasteiger partial charge is 0.228 e.